The molecule has 80 valence electrons. The second-order valence-electron chi connectivity index (χ2n) is 2.65. The van der Waals surface area contributed by atoms with Crippen LogP contribution in [0.25, 0.3) is 0 Å². The Balaban J connectivity index is 4.57. The Kier molecular flexibility index (Phi) is 5.15. The van der Waals surface area contributed by atoms with E-state index >= 15 is 0 Å². The summed E-state index contributed by atoms with van der Waals surface area (Å²) in [6.45, 7) is 4.83. The minimum Gasteiger partial charge on any atom is -0.316 e. The van der Waals surface area contributed by atoms with Crippen molar-refractivity contribution in [2.75, 3.05) is 13.6 Å². The molecule has 0 aliphatic heterocycles. The lowest BCUT2D eigenvalue weighted by atomic mass is 10.3. The highest BCUT2D eigenvalue weighted by atomic mass is 19.4. The molecule has 5 heteroatoms. The van der Waals surface area contributed by atoms with Crippen molar-refractivity contribution in [3.8, 4) is 0 Å². The van der Waals surface area contributed by atoms with Gasteiger partial charge < -0.3 is 5.32 Å². The highest BCUT2D eigenvalue weighted by Gasteiger charge is 2.31. The molecule has 0 aromatic heterocycles. The molecule has 0 fully saturated rings. The lowest BCUT2D eigenvalue weighted by Gasteiger charge is -2.04. The van der Waals surface area contributed by atoms with Crippen LogP contribution >= 0.6 is 0 Å². The van der Waals surface area contributed by atoms with Crippen molar-refractivity contribution in [3.63, 3.8) is 0 Å². The van der Waals surface area contributed by atoms with Gasteiger partial charge in [-0.1, -0.05) is 12.7 Å². The van der Waals surface area contributed by atoms with E-state index in [1.165, 1.54) is 6.08 Å². The van der Waals surface area contributed by atoms with Crippen molar-refractivity contribution < 1.29 is 13.2 Å². The highest BCUT2D eigenvalue weighted by Crippen LogP contribution is 2.17. The second kappa shape index (κ2) is 5.59. The molecular formula is C9H13F3N2. The third kappa shape index (κ3) is 4.81. The first kappa shape index (κ1) is 12.9. The van der Waals surface area contributed by atoms with Gasteiger partial charge in [0, 0.05) is 12.7 Å². The van der Waals surface area contributed by atoms with E-state index in [2.05, 4.69) is 16.9 Å². The molecule has 0 radical (unpaired) electrons. The Labute approximate surface area is 81.2 Å². The number of rotatable bonds is 4. The molecule has 2 nitrogen and oxygen atoms in total. The molecule has 0 aromatic carbocycles. The molecular weight excluding hydrogens is 193 g/mol. The molecule has 0 spiro atoms. The van der Waals surface area contributed by atoms with Crippen molar-refractivity contribution >= 4 is 5.71 Å². The van der Waals surface area contributed by atoms with Gasteiger partial charge in [0.05, 0.1) is 0 Å². The standard InChI is InChI=1S/C9H13F3N2/c1-4-8(5-13-3)6-14-7(2)9(10,11)12/h4,6,13H,1,5H2,2-3H3/b8-6+,14-7?. The minimum atomic E-state index is -4.36. The zero-order valence-electron chi connectivity index (χ0n) is 8.15. The molecule has 0 saturated carbocycles. The van der Waals surface area contributed by atoms with Crippen LogP contribution in [-0.2, 0) is 0 Å². The molecule has 0 amide bonds. The van der Waals surface area contributed by atoms with Gasteiger partial charge in [-0.3, -0.25) is 4.99 Å². The van der Waals surface area contributed by atoms with E-state index < -0.39 is 11.9 Å². The molecule has 14 heavy (non-hydrogen) atoms. The fourth-order valence-corrected chi connectivity index (χ4v) is 0.628. The van der Waals surface area contributed by atoms with E-state index in [4.69, 9.17) is 0 Å². The molecule has 0 atom stereocenters. The molecule has 0 aliphatic rings. The van der Waals surface area contributed by atoms with E-state index in [0.29, 0.717) is 12.1 Å². The van der Waals surface area contributed by atoms with Crippen LogP contribution in [0.15, 0.2) is 29.4 Å². The summed E-state index contributed by atoms with van der Waals surface area (Å²) in [6, 6.07) is 0. The summed E-state index contributed by atoms with van der Waals surface area (Å²) in [5.74, 6) is 0. The Hall–Kier alpha value is -1.10. The van der Waals surface area contributed by atoms with E-state index in [1.54, 1.807) is 7.05 Å². The number of nitrogens with zero attached hydrogens (tertiary/aromatic N) is 1. The average molecular weight is 206 g/mol. The van der Waals surface area contributed by atoms with Crippen LogP contribution in [0.3, 0.4) is 0 Å². The number of nitrogens with one attached hydrogen (secondary N) is 1. The summed E-state index contributed by atoms with van der Waals surface area (Å²) in [4.78, 5) is 3.30. The zero-order chi connectivity index (χ0) is 11.2. The van der Waals surface area contributed by atoms with Crippen LogP contribution in [0.5, 0.6) is 0 Å². The van der Waals surface area contributed by atoms with Gasteiger partial charge in [0.2, 0.25) is 0 Å². The smallest absolute Gasteiger partial charge is 0.316 e. The number of hydrogen-bond donors (Lipinski definition) is 1. The SMILES string of the molecule is C=C/C(=C\N=C(C)C(F)(F)F)CNC. The van der Waals surface area contributed by atoms with E-state index in [1.807, 2.05) is 0 Å². The van der Waals surface area contributed by atoms with Gasteiger partial charge in [-0.25, -0.2) is 0 Å². The maximum atomic E-state index is 12.0. The maximum Gasteiger partial charge on any atom is 0.429 e. The first-order valence-corrected chi connectivity index (χ1v) is 3.99. The topological polar surface area (TPSA) is 24.4 Å². The van der Waals surface area contributed by atoms with Crippen LogP contribution in [0.1, 0.15) is 6.92 Å². The van der Waals surface area contributed by atoms with Crippen molar-refractivity contribution in [1.82, 2.24) is 5.32 Å². The van der Waals surface area contributed by atoms with Crippen molar-refractivity contribution in [2.24, 2.45) is 4.99 Å². The third-order valence-corrected chi connectivity index (χ3v) is 1.48. The van der Waals surface area contributed by atoms with Gasteiger partial charge >= 0.3 is 6.18 Å². The largest absolute Gasteiger partial charge is 0.429 e. The lowest BCUT2D eigenvalue weighted by Crippen LogP contribution is -2.19. The first-order chi connectivity index (χ1) is 6.41. The number of alkyl halides is 3. The molecule has 0 aromatic rings. The van der Waals surface area contributed by atoms with Crippen LogP contribution in [-0.4, -0.2) is 25.5 Å². The Morgan fingerprint density at radius 2 is 2.07 bits per heavy atom. The van der Waals surface area contributed by atoms with Gasteiger partial charge in [-0.15, -0.1) is 0 Å². The van der Waals surface area contributed by atoms with Crippen LogP contribution in [0.4, 0.5) is 13.2 Å². The molecule has 0 bridgehead atoms. The number of halogens is 3. The molecule has 0 saturated heterocycles. The van der Waals surface area contributed by atoms with Crippen molar-refractivity contribution in [2.45, 2.75) is 13.1 Å². The summed E-state index contributed by atoms with van der Waals surface area (Å²) in [7, 11) is 1.69. The number of likely N-dealkylation sites (N-methyl/N-ethyl adjacent to an activating group) is 1. The van der Waals surface area contributed by atoms with Gasteiger partial charge in [-0.2, -0.15) is 13.2 Å². The molecule has 0 rings (SSSR count). The van der Waals surface area contributed by atoms with Crippen molar-refractivity contribution in [3.05, 3.63) is 24.4 Å². The van der Waals surface area contributed by atoms with E-state index in [-0.39, 0.29) is 0 Å². The molecule has 1 N–H and O–H groups in total. The second-order valence-corrected chi connectivity index (χ2v) is 2.65. The first-order valence-electron chi connectivity index (χ1n) is 3.99. The maximum absolute atomic E-state index is 12.0. The Morgan fingerprint density at radius 1 is 1.50 bits per heavy atom. The van der Waals surface area contributed by atoms with Crippen LogP contribution in [0.2, 0.25) is 0 Å². The summed E-state index contributed by atoms with van der Waals surface area (Å²) in [5, 5.41) is 2.79. The quantitative estimate of drug-likeness (QED) is 0.554. The predicted octanol–water partition coefficient (Wildman–Crippen LogP) is 2.30. The number of aliphatic imine (C=N–C) groups is 1. The molecule has 0 aliphatic carbocycles. The van der Waals surface area contributed by atoms with Gasteiger partial charge in [0.25, 0.3) is 0 Å². The third-order valence-electron chi connectivity index (χ3n) is 1.48. The average Bonchev–Trinajstić information content (AvgIpc) is 2.10. The summed E-state index contributed by atoms with van der Waals surface area (Å²) < 4.78 is 36.0. The van der Waals surface area contributed by atoms with Gasteiger partial charge in [0.15, 0.2) is 0 Å². The van der Waals surface area contributed by atoms with E-state index in [9.17, 15) is 13.2 Å². The fourth-order valence-electron chi connectivity index (χ4n) is 0.628. The predicted molar refractivity (Wildman–Crippen MR) is 51.4 cm³/mol. The van der Waals surface area contributed by atoms with Crippen LogP contribution < -0.4 is 5.32 Å². The summed E-state index contributed by atoms with van der Waals surface area (Å²) >= 11 is 0. The fraction of sp³-hybridized carbons (Fsp3) is 0.444. The molecule has 0 unspecified atom stereocenters. The van der Waals surface area contributed by atoms with E-state index in [0.717, 1.165) is 13.1 Å². The van der Waals surface area contributed by atoms with Gasteiger partial charge in [-0.05, 0) is 19.5 Å². The number of hydrogen-bond acceptors (Lipinski definition) is 2. The van der Waals surface area contributed by atoms with Gasteiger partial charge in [0.1, 0.15) is 5.71 Å². The van der Waals surface area contributed by atoms with Crippen molar-refractivity contribution in [1.29, 1.82) is 0 Å². The Morgan fingerprint density at radius 3 is 2.43 bits per heavy atom. The molecule has 0 heterocycles. The zero-order valence-corrected chi connectivity index (χ0v) is 8.15. The normalized spacial score (nSPS) is 14.4. The Bertz CT molecular complexity index is 251. The lowest BCUT2D eigenvalue weighted by molar-refractivity contribution is -0.0591. The summed E-state index contributed by atoms with van der Waals surface area (Å²) in [6.07, 6.45) is -1.74. The van der Waals surface area contributed by atoms with Crippen LogP contribution in [0, 0.1) is 0 Å². The summed E-state index contributed by atoms with van der Waals surface area (Å²) in [5.41, 5.74) is -0.260. The monoisotopic (exact) mass is 206 g/mol. The minimum absolute atomic E-state index is 0.443. The highest BCUT2D eigenvalue weighted by molar-refractivity contribution is 5.87.